The molecule has 6 heteroatoms. The summed E-state index contributed by atoms with van der Waals surface area (Å²) in [5, 5.41) is 15.3. The van der Waals surface area contributed by atoms with Gasteiger partial charge >= 0.3 is 0 Å². The maximum atomic E-state index is 12.1. The molecule has 1 amide bonds. The number of anilines is 1. The van der Waals surface area contributed by atoms with Gasteiger partial charge in [-0.05, 0) is 35.9 Å². The summed E-state index contributed by atoms with van der Waals surface area (Å²) in [7, 11) is 0. The highest BCUT2D eigenvalue weighted by Crippen LogP contribution is 2.16. The van der Waals surface area contributed by atoms with Gasteiger partial charge in [-0.25, -0.2) is 0 Å². The third-order valence-corrected chi connectivity index (χ3v) is 3.99. The lowest BCUT2D eigenvalue weighted by atomic mass is 10.2. The van der Waals surface area contributed by atoms with E-state index in [4.69, 9.17) is 16.9 Å². The van der Waals surface area contributed by atoms with Gasteiger partial charge in [-0.1, -0.05) is 45.7 Å². The van der Waals surface area contributed by atoms with Gasteiger partial charge in [-0.15, -0.1) is 0 Å². The van der Waals surface area contributed by atoms with Crippen molar-refractivity contribution >= 4 is 39.1 Å². The Hall–Kier alpha value is -2.29. The van der Waals surface area contributed by atoms with Crippen molar-refractivity contribution in [2.45, 2.75) is 6.54 Å². The molecular weight excluding hydrogens is 378 g/mol. The Morgan fingerprint density at radius 1 is 1.22 bits per heavy atom. The predicted molar refractivity (Wildman–Crippen MR) is 94.8 cm³/mol. The first-order chi connectivity index (χ1) is 11.1. The van der Waals surface area contributed by atoms with E-state index in [9.17, 15) is 4.79 Å². The summed E-state index contributed by atoms with van der Waals surface area (Å²) in [6.45, 7) is 0.501. The lowest BCUT2D eigenvalue weighted by Gasteiger charge is -2.06. The van der Waals surface area contributed by atoms with Crippen molar-refractivity contribution in [2.24, 2.45) is 0 Å². The first kappa shape index (κ1) is 17.1. The zero-order chi connectivity index (χ0) is 16.7. The average Bonchev–Trinajstić information content (AvgIpc) is 2.55. The molecule has 0 aliphatic carbocycles. The van der Waals surface area contributed by atoms with Crippen molar-refractivity contribution in [2.75, 3.05) is 5.32 Å². The molecule has 0 saturated heterocycles. The number of nitrogens with one attached hydrogen (secondary N) is 2. The van der Waals surface area contributed by atoms with Crippen LogP contribution in [0.3, 0.4) is 0 Å². The quantitative estimate of drug-likeness (QED) is 0.593. The Morgan fingerprint density at radius 3 is 2.57 bits per heavy atom. The van der Waals surface area contributed by atoms with Gasteiger partial charge in [0.2, 0.25) is 0 Å². The third kappa shape index (κ3) is 5.13. The van der Waals surface area contributed by atoms with E-state index in [-0.39, 0.29) is 5.57 Å². The molecule has 0 aliphatic rings. The predicted octanol–water partition coefficient (Wildman–Crippen LogP) is 4.24. The number of halogens is 2. The van der Waals surface area contributed by atoms with E-state index in [1.807, 2.05) is 30.3 Å². The Morgan fingerprint density at radius 2 is 1.91 bits per heavy atom. The van der Waals surface area contributed by atoms with Gasteiger partial charge in [-0.3, -0.25) is 4.79 Å². The summed E-state index contributed by atoms with van der Waals surface area (Å²) in [4.78, 5) is 12.1. The number of nitriles is 1. The molecule has 2 aromatic rings. The standard InChI is InChI=1S/C17H13BrClN3O/c18-16-4-2-1-3-12(16)10-21-11-13(9-20)17(23)22-15-7-5-14(19)6-8-15/h1-8,11,21H,10H2,(H,22,23)/b13-11-. The van der Waals surface area contributed by atoms with Crippen molar-refractivity contribution in [1.29, 1.82) is 5.26 Å². The van der Waals surface area contributed by atoms with Gasteiger partial charge in [0.1, 0.15) is 11.6 Å². The maximum absolute atomic E-state index is 12.1. The van der Waals surface area contributed by atoms with Crippen molar-refractivity contribution < 1.29 is 4.79 Å². The van der Waals surface area contributed by atoms with Crippen molar-refractivity contribution in [3.8, 4) is 6.07 Å². The number of rotatable bonds is 5. The molecule has 0 unspecified atom stereocenters. The Kier molecular flexibility index (Phi) is 6.21. The van der Waals surface area contributed by atoms with Crippen molar-refractivity contribution in [1.82, 2.24) is 5.32 Å². The molecule has 0 saturated carbocycles. The van der Waals surface area contributed by atoms with Gasteiger partial charge in [0.15, 0.2) is 0 Å². The van der Waals surface area contributed by atoms with Crippen LogP contribution in [0.2, 0.25) is 5.02 Å². The molecule has 0 aliphatic heterocycles. The van der Waals surface area contributed by atoms with Crippen molar-refractivity contribution in [3.05, 3.63) is 75.4 Å². The van der Waals surface area contributed by atoms with Gasteiger partial charge in [0.05, 0.1) is 0 Å². The maximum Gasteiger partial charge on any atom is 0.267 e. The van der Waals surface area contributed by atoms with Crippen LogP contribution in [0.15, 0.2) is 64.8 Å². The third-order valence-electron chi connectivity index (χ3n) is 2.96. The average molecular weight is 391 g/mol. The SMILES string of the molecule is N#C/C(=C/NCc1ccccc1Br)C(=O)Nc1ccc(Cl)cc1. The Bertz CT molecular complexity index is 766. The van der Waals surface area contributed by atoms with Gasteiger partial charge in [0.25, 0.3) is 5.91 Å². The number of amides is 1. The van der Waals surface area contributed by atoms with Crippen LogP contribution in [0.5, 0.6) is 0 Å². The highest BCUT2D eigenvalue weighted by Gasteiger charge is 2.09. The number of hydrogen-bond donors (Lipinski definition) is 2. The Balaban J connectivity index is 1.98. The van der Waals surface area contributed by atoms with E-state index in [0.29, 0.717) is 17.3 Å². The van der Waals surface area contributed by atoms with Crippen LogP contribution in [-0.4, -0.2) is 5.91 Å². The van der Waals surface area contributed by atoms with E-state index in [1.54, 1.807) is 24.3 Å². The first-order valence-electron chi connectivity index (χ1n) is 6.74. The van der Waals surface area contributed by atoms with Gasteiger partial charge in [0, 0.05) is 27.9 Å². The second-order valence-electron chi connectivity index (χ2n) is 4.60. The minimum atomic E-state index is -0.477. The molecule has 23 heavy (non-hydrogen) atoms. The largest absolute Gasteiger partial charge is 0.386 e. The summed E-state index contributed by atoms with van der Waals surface area (Å²) in [6.07, 6.45) is 1.41. The fraction of sp³-hybridized carbons (Fsp3) is 0.0588. The van der Waals surface area contributed by atoms with Crippen LogP contribution in [0.25, 0.3) is 0 Å². The Labute approximate surface area is 147 Å². The minimum Gasteiger partial charge on any atom is -0.386 e. The molecule has 0 bridgehead atoms. The molecule has 0 fully saturated rings. The van der Waals surface area contributed by atoms with E-state index in [0.717, 1.165) is 10.0 Å². The molecule has 116 valence electrons. The molecule has 0 atom stereocenters. The molecule has 4 nitrogen and oxygen atoms in total. The monoisotopic (exact) mass is 389 g/mol. The summed E-state index contributed by atoms with van der Waals surface area (Å²) in [6, 6.07) is 16.3. The van der Waals surface area contributed by atoms with E-state index >= 15 is 0 Å². The molecule has 2 N–H and O–H groups in total. The highest BCUT2D eigenvalue weighted by molar-refractivity contribution is 9.10. The number of nitrogens with zero attached hydrogens (tertiary/aromatic N) is 1. The number of carbonyl (C=O) groups is 1. The molecule has 0 radical (unpaired) electrons. The number of benzene rings is 2. The molecule has 0 spiro atoms. The van der Waals surface area contributed by atoms with E-state index in [1.165, 1.54) is 6.20 Å². The fourth-order valence-electron chi connectivity index (χ4n) is 1.79. The van der Waals surface area contributed by atoms with Crippen LogP contribution in [-0.2, 0) is 11.3 Å². The van der Waals surface area contributed by atoms with Crippen LogP contribution in [0.4, 0.5) is 5.69 Å². The number of hydrogen-bond acceptors (Lipinski definition) is 3. The van der Waals surface area contributed by atoms with Gasteiger partial charge < -0.3 is 10.6 Å². The minimum absolute atomic E-state index is 0.00740. The van der Waals surface area contributed by atoms with Crippen LogP contribution >= 0.6 is 27.5 Å². The van der Waals surface area contributed by atoms with Crippen LogP contribution in [0, 0.1) is 11.3 Å². The lowest BCUT2D eigenvalue weighted by Crippen LogP contribution is -2.16. The number of carbonyl (C=O) groups excluding carboxylic acids is 1. The molecule has 2 rings (SSSR count). The first-order valence-corrected chi connectivity index (χ1v) is 7.91. The lowest BCUT2D eigenvalue weighted by molar-refractivity contribution is -0.112. The summed E-state index contributed by atoms with van der Waals surface area (Å²) >= 11 is 9.23. The van der Waals surface area contributed by atoms with Crippen molar-refractivity contribution in [3.63, 3.8) is 0 Å². The fourth-order valence-corrected chi connectivity index (χ4v) is 2.34. The summed E-state index contributed by atoms with van der Waals surface area (Å²) in [5.74, 6) is -0.477. The second kappa shape index (κ2) is 8.37. The van der Waals surface area contributed by atoms with Crippen LogP contribution in [0.1, 0.15) is 5.56 Å². The molecule has 0 aromatic heterocycles. The zero-order valence-electron chi connectivity index (χ0n) is 12.0. The zero-order valence-corrected chi connectivity index (χ0v) is 14.4. The topological polar surface area (TPSA) is 64.9 Å². The highest BCUT2D eigenvalue weighted by atomic mass is 79.9. The second-order valence-corrected chi connectivity index (χ2v) is 5.89. The van der Waals surface area contributed by atoms with E-state index < -0.39 is 5.91 Å². The molecule has 2 aromatic carbocycles. The van der Waals surface area contributed by atoms with Crippen LogP contribution < -0.4 is 10.6 Å². The normalized spacial score (nSPS) is 10.7. The summed E-state index contributed by atoms with van der Waals surface area (Å²) in [5.41, 5.74) is 1.59. The smallest absolute Gasteiger partial charge is 0.267 e. The summed E-state index contributed by atoms with van der Waals surface area (Å²) < 4.78 is 0.963. The molecular formula is C17H13BrClN3O. The van der Waals surface area contributed by atoms with Gasteiger partial charge in [-0.2, -0.15) is 5.26 Å². The van der Waals surface area contributed by atoms with E-state index in [2.05, 4.69) is 26.6 Å². The molecule has 0 heterocycles.